The van der Waals surface area contributed by atoms with Crippen molar-refractivity contribution in [2.24, 2.45) is 4.99 Å². The van der Waals surface area contributed by atoms with Crippen LogP contribution < -0.4 is 0 Å². The quantitative estimate of drug-likeness (QED) is 0.248. The highest BCUT2D eigenvalue weighted by Gasteiger charge is 2.36. The van der Waals surface area contributed by atoms with Gasteiger partial charge in [-0.1, -0.05) is 0 Å². The molecule has 0 radical (unpaired) electrons. The summed E-state index contributed by atoms with van der Waals surface area (Å²) in [7, 11) is -3.85. The second kappa shape index (κ2) is 8.01. The highest BCUT2D eigenvalue weighted by Crippen LogP contribution is 2.20. The molecular formula is C9H15F3N2O4S2. The first-order valence-corrected chi connectivity index (χ1v) is 7.30. The summed E-state index contributed by atoms with van der Waals surface area (Å²) in [5.74, 6) is 0. The number of hydrogen-bond acceptors (Lipinski definition) is 6. The molecule has 0 N–H and O–H groups in total. The van der Waals surface area contributed by atoms with E-state index in [4.69, 9.17) is 17.7 Å². The lowest BCUT2D eigenvalue weighted by atomic mass is 10.3. The molecular weight excluding hydrogens is 321 g/mol. The van der Waals surface area contributed by atoms with Gasteiger partial charge in [-0.15, -0.1) is 0 Å². The summed E-state index contributed by atoms with van der Waals surface area (Å²) in [6, 6.07) is 0. The third-order valence-corrected chi connectivity index (χ3v) is 3.35. The van der Waals surface area contributed by atoms with Crippen molar-refractivity contribution in [3.05, 3.63) is 0 Å². The maximum absolute atomic E-state index is 10.7. The number of ether oxygens (including phenoxy) is 1. The zero-order valence-electron chi connectivity index (χ0n) is 10.7. The Balaban J connectivity index is 0.000000396. The highest BCUT2D eigenvalue weighted by molar-refractivity contribution is 7.86. The average Bonchev–Trinajstić information content (AvgIpc) is 2.28. The monoisotopic (exact) mass is 336 g/mol. The summed E-state index contributed by atoms with van der Waals surface area (Å²) in [6.07, 6.45) is 0. The minimum atomic E-state index is -6.09. The first-order chi connectivity index (χ1) is 9.02. The fraction of sp³-hybridized carbons (Fsp3) is 0.889. The van der Waals surface area contributed by atoms with Gasteiger partial charge in [-0.05, 0) is 12.2 Å². The topological polar surface area (TPSA) is 78.8 Å². The van der Waals surface area contributed by atoms with Gasteiger partial charge in [0.05, 0.1) is 38.5 Å². The molecule has 1 rings (SSSR count). The molecule has 1 aliphatic rings. The zero-order valence-corrected chi connectivity index (χ0v) is 12.4. The predicted octanol–water partition coefficient (Wildman–Crippen LogP) is 0.617. The highest BCUT2D eigenvalue weighted by atomic mass is 32.2. The minimum Gasteiger partial charge on any atom is -0.741 e. The standard InChI is InChI=1S/C8H15N2OS.CHF3O3S/c1-10(3-2-9-8-12)4-6-11-7-5-10;2-1(3,4)8(5,6)7/h2-7H2,1H3;(H,5,6,7)/q+1;/p-1. The summed E-state index contributed by atoms with van der Waals surface area (Å²) in [5.41, 5.74) is -5.65. The number of isothiocyanates is 1. The van der Waals surface area contributed by atoms with Crippen molar-refractivity contribution in [2.75, 3.05) is 46.4 Å². The molecule has 1 fully saturated rings. The van der Waals surface area contributed by atoms with Crippen LogP contribution in [0.1, 0.15) is 0 Å². The lowest BCUT2D eigenvalue weighted by Gasteiger charge is -2.36. The van der Waals surface area contributed by atoms with Crippen LogP contribution in [0.2, 0.25) is 0 Å². The van der Waals surface area contributed by atoms with E-state index in [9.17, 15) is 13.2 Å². The summed E-state index contributed by atoms with van der Waals surface area (Å²) in [4.78, 5) is 3.92. The van der Waals surface area contributed by atoms with Crippen LogP contribution in [0.15, 0.2) is 4.99 Å². The van der Waals surface area contributed by atoms with Crippen molar-refractivity contribution in [3.8, 4) is 0 Å². The molecule has 0 aromatic rings. The van der Waals surface area contributed by atoms with Crippen molar-refractivity contribution < 1.29 is 35.4 Å². The molecule has 0 atom stereocenters. The average molecular weight is 336 g/mol. The Bertz CT molecular complexity index is 441. The van der Waals surface area contributed by atoms with Crippen LogP contribution in [0.3, 0.4) is 0 Å². The fourth-order valence-electron chi connectivity index (χ4n) is 1.34. The normalized spacial score (nSPS) is 18.4. The van der Waals surface area contributed by atoms with E-state index in [1.54, 1.807) is 0 Å². The van der Waals surface area contributed by atoms with E-state index in [1.165, 1.54) is 0 Å². The molecule has 6 nitrogen and oxygen atoms in total. The van der Waals surface area contributed by atoms with Crippen LogP contribution in [0.5, 0.6) is 0 Å². The molecule has 0 unspecified atom stereocenters. The molecule has 0 bridgehead atoms. The second-order valence-corrected chi connectivity index (χ2v) is 5.83. The maximum Gasteiger partial charge on any atom is 0.485 e. The second-order valence-electron chi connectivity index (χ2n) is 4.28. The number of alkyl halides is 3. The number of likely N-dealkylation sites (N-methyl/N-ethyl adjacent to an activating group) is 1. The van der Waals surface area contributed by atoms with E-state index in [1.807, 2.05) is 0 Å². The molecule has 0 aromatic carbocycles. The van der Waals surface area contributed by atoms with E-state index in [-0.39, 0.29) is 0 Å². The molecule has 0 aliphatic carbocycles. The summed E-state index contributed by atoms with van der Waals surface area (Å²) >= 11 is 4.51. The van der Waals surface area contributed by atoms with Gasteiger partial charge in [-0.25, -0.2) is 13.4 Å². The van der Waals surface area contributed by atoms with Gasteiger partial charge < -0.3 is 13.8 Å². The molecule has 0 amide bonds. The molecule has 0 aromatic heterocycles. The van der Waals surface area contributed by atoms with E-state index < -0.39 is 15.6 Å². The molecule has 1 aliphatic heterocycles. The van der Waals surface area contributed by atoms with Crippen molar-refractivity contribution >= 4 is 27.5 Å². The third-order valence-electron chi connectivity index (χ3n) is 2.65. The molecule has 118 valence electrons. The maximum atomic E-state index is 10.7. The van der Waals surface area contributed by atoms with Crippen LogP contribution in [0.25, 0.3) is 0 Å². The smallest absolute Gasteiger partial charge is 0.485 e. The number of aliphatic imine (C=N–C) groups is 1. The van der Waals surface area contributed by atoms with E-state index in [0.717, 1.165) is 43.9 Å². The van der Waals surface area contributed by atoms with Crippen LogP contribution >= 0.6 is 12.2 Å². The Morgan fingerprint density at radius 1 is 1.40 bits per heavy atom. The fourth-order valence-corrected chi connectivity index (χ4v) is 1.44. The predicted molar refractivity (Wildman–Crippen MR) is 67.2 cm³/mol. The molecule has 20 heavy (non-hydrogen) atoms. The first-order valence-electron chi connectivity index (χ1n) is 5.49. The van der Waals surface area contributed by atoms with Crippen LogP contribution in [0, 0.1) is 0 Å². The van der Waals surface area contributed by atoms with Crippen molar-refractivity contribution in [3.63, 3.8) is 0 Å². The molecule has 1 saturated heterocycles. The first kappa shape index (κ1) is 19.4. The lowest BCUT2D eigenvalue weighted by Crippen LogP contribution is -2.53. The Kier molecular flexibility index (Phi) is 7.78. The van der Waals surface area contributed by atoms with Crippen molar-refractivity contribution in [1.29, 1.82) is 0 Å². The molecule has 11 heteroatoms. The SMILES string of the molecule is C[N+]1(CCN=C=S)CCOCC1.O=S(=O)([O-])C(F)(F)F. The van der Waals surface area contributed by atoms with Gasteiger partial charge in [0.1, 0.15) is 13.1 Å². The molecule has 0 spiro atoms. The van der Waals surface area contributed by atoms with Gasteiger partial charge in [0.15, 0.2) is 10.1 Å². The Hall–Kier alpha value is -0.580. The van der Waals surface area contributed by atoms with Gasteiger partial charge in [-0.2, -0.15) is 13.2 Å². The van der Waals surface area contributed by atoms with Crippen molar-refractivity contribution in [2.45, 2.75) is 5.51 Å². The Morgan fingerprint density at radius 2 is 1.85 bits per heavy atom. The van der Waals surface area contributed by atoms with Crippen molar-refractivity contribution in [1.82, 2.24) is 0 Å². The van der Waals surface area contributed by atoms with Gasteiger partial charge in [-0.3, -0.25) is 0 Å². The Labute approximate surface area is 120 Å². The number of rotatable bonds is 3. The minimum absolute atomic E-state index is 0.792. The van der Waals surface area contributed by atoms with Crippen LogP contribution in [-0.2, 0) is 14.9 Å². The van der Waals surface area contributed by atoms with E-state index in [2.05, 4.69) is 29.4 Å². The van der Waals surface area contributed by atoms with Gasteiger partial charge in [0.2, 0.25) is 0 Å². The third kappa shape index (κ3) is 7.88. The molecule has 1 heterocycles. The van der Waals surface area contributed by atoms with E-state index >= 15 is 0 Å². The van der Waals surface area contributed by atoms with Gasteiger partial charge in [0, 0.05) is 0 Å². The summed E-state index contributed by atoms with van der Waals surface area (Å²) < 4.78 is 65.2. The summed E-state index contributed by atoms with van der Waals surface area (Å²) in [6.45, 7) is 5.77. The Morgan fingerprint density at radius 3 is 2.20 bits per heavy atom. The largest absolute Gasteiger partial charge is 0.741 e. The lowest BCUT2D eigenvalue weighted by molar-refractivity contribution is -0.915. The molecule has 0 saturated carbocycles. The van der Waals surface area contributed by atoms with Gasteiger partial charge >= 0.3 is 5.51 Å². The number of nitrogens with zero attached hydrogens (tertiary/aromatic N) is 2. The van der Waals surface area contributed by atoms with Gasteiger partial charge in [0.25, 0.3) is 0 Å². The number of morpholine rings is 1. The number of halogens is 3. The van der Waals surface area contributed by atoms with E-state index in [0.29, 0.717) is 0 Å². The zero-order chi connectivity index (χ0) is 15.9. The number of thiocarbonyl (C=S) groups is 1. The summed E-state index contributed by atoms with van der Waals surface area (Å²) in [5, 5.41) is 2.39. The number of hydrogen-bond donors (Lipinski definition) is 0. The number of quaternary nitrogens is 1. The van der Waals surface area contributed by atoms with Crippen LogP contribution in [-0.4, -0.2) is 74.6 Å². The van der Waals surface area contributed by atoms with Crippen LogP contribution in [0.4, 0.5) is 13.2 Å².